The summed E-state index contributed by atoms with van der Waals surface area (Å²) in [6.07, 6.45) is 5.32. The first-order valence-electron chi connectivity index (χ1n) is 14.4. The van der Waals surface area contributed by atoms with Gasteiger partial charge >= 0.3 is 113 Å². The Labute approximate surface area is 404 Å². The van der Waals surface area contributed by atoms with Crippen LogP contribution in [0, 0.1) is 0 Å². The molecule has 58 heavy (non-hydrogen) atoms. The van der Waals surface area contributed by atoms with Crippen molar-refractivity contribution in [3.8, 4) is 0 Å². The summed E-state index contributed by atoms with van der Waals surface area (Å²) in [7, 11) is 0. The summed E-state index contributed by atoms with van der Waals surface area (Å²) in [6.45, 7) is 0. The second kappa shape index (κ2) is 29.6. The molecule has 0 aliphatic rings. The fourth-order valence-electron chi connectivity index (χ4n) is 5.16. The molecule has 18 heteroatoms. The molecule has 0 aliphatic heterocycles. The Kier molecular flexibility index (Phi) is 32.5. The minimum atomic E-state index is -1.25. The van der Waals surface area contributed by atoms with Crippen molar-refractivity contribution < 1.29 is 174 Å². The number of hydrogen-bond donors (Lipinski definition) is 0. The largest absolute Gasteiger partial charge is 1.00 e. The molecule has 0 radical (unpaired) electrons. The van der Waals surface area contributed by atoms with E-state index in [1.54, 1.807) is 42.7 Å². The van der Waals surface area contributed by atoms with E-state index in [0.29, 0.717) is 27.5 Å². The normalized spacial score (nSPS) is 8.76. The maximum atomic E-state index is 11.1. The van der Waals surface area contributed by atoms with Crippen LogP contribution in [-0.4, -0.2) is 53.2 Å². The summed E-state index contributed by atoms with van der Waals surface area (Å²) in [4.78, 5) is 63.8. The number of carboxylic acids is 3. The van der Waals surface area contributed by atoms with Crippen LogP contribution in [-0.2, 0) is 14.4 Å². The van der Waals surface area contributed by atoms with Crippen molar-refractivity contribution in [2.75, 3.05) is 0 Å². The zero-order valence-electron chi connectivity index (χ0n) is 32.6. The second-order valence-electron chi connectivity index (χ2n) is 10.6. The van der Waals surface area contributed by atoms with Gasteiger partial charge in [-0.15, -0.1) is 41.3 Å². The van der Waals surface area contributed by atoms with E-state index in [0.717, 1.165) is 32.3 Å². The van der Waals surface area contributed by atoms with Crippen LogP contribution in [0.25, 0.3) is 43.1 Å². The number of rotatable bonds is 6. The fourth-order valence-corrected chi connectivity index (χ4v) is 5.16. The molecule has 7 aromatic rings. The zero-order chi connectivity index (χ0) is 35.1. The van der Waals surface area contributed by atoms with Crippen LogP contribution in [0.1, 0.15) is 47.8 Å². The molecule has 0 amide bonds. The molecule has 0 saturated carbocycles. The van der Waals surface area contributed by atoms with E-state index in [-0.39, 0.29) is 146 Å². The second-order valence-corrected chi connectivity index (χ2v) is 10.6. The van der Waals surface area contributed by atoms with Gasteiger partial charge in [0.1, 0.15) is 0 Å². The zero-order valence-corrected chi connectivity index (χ0v) is 32.6. The van der Waals surface area contributed by atoms with Crippen LogP contribution in [0.2, 0.25) is 0 Å². The molecule has 0 atom stereocenters. The molecule has 0 aliphatic carbocycles. The molecule has 264 valence electrons. The number of aromatic carboxylic acids is 3. The topological polar surface area (TPSA) is 262 Å². The number of carbonyl (C=O) groups is 3. The van der Waals surface area contributed by atoms with Crippen LogP contribution < -0.4 is 128 Å². The Morgan fingerprint density at radius 1 is 0.379 bits per heavy atom. The monoisotopic (exact) mass is 737 g/mol. The predicted octanol–water partition coefficient (Wildman–Crippen LogP) is -15.4. The molecular weight excluding hydrogens is 714 g/mol. The SMILES string of the molecule is O=[C-]c1ccc(C(=O)[O-])c2cc3ccccc3cc12.O=[C-]c1ccc(C(=O)[O-])cc1.O=[C-]c1ccc2cc3cc(C(=O)[O-])ccc3cc2c1.[Li+].[Li+].[Li+].[Li+].[Li+].[Li+].[OH-].[OH-].[OH-]. The molecule has 0 spiro atoms. The van der Waals surface area contributed by atoms with Gasteiger partial charge in [0.2, 0.25) is 0 Å². The van der Waals surface area contributed by atoms with Gasteiger partial charge in [-0.25, -0.2) is 0 Å². The van der Waals surface area contributed by atoms with Crippen molar-refractivity contribution in [3.05, 3.63) is 155 Å². The number of benzene rings is 7. The van der Waals surface area contributed by atoms with E-state index < -0.39 is 17.9 Å². The molecule has 12 nitrogen and oxygen atoms in total. The van der Waals surface area contributed by atoms with Crippen molar-refractivity contribution in [3.63, 3.8) is 0 Å². The van der Waals surface area contributed by atoms with E-state index >= 15 is 0 Å². The van der Waals surface area contributed by atoms with E-state index in [9.17, 15) is 44.1 Å². The Morgan fingerprint density at radius 2 is 0.810 bits per heavy atom. The third kappa shape index (κ3) is 15.6. The molecule has 0 fully saturated rings. The summed E-state index contributed by atoms with van der Waals surface area (Å²) in [6, 6.07) is 33.2. The van der Waals surface area contributed by atoms with E-state index in [4.69, 9.17) is 0 Å². The van der Waals surface area contributed by atoms with Gasteiger partial charge in [0, 0.05) is 0 Å². The van der Waals surface area contributed by atoms with Gasteiger partial charge in [-0.05, 0) is 55.8 Å². The minimum Gasteiger partial charge on any atom is -0.870 e. The van der Waals surface area contributed by atoms with Gasteiger partial charge < -0.3 is 60.5 Å². The van der Waals surface area contributed by atoms with Crippen LogP contribution >= 0.6 is 0 Å². The van der Waals surface area contributed by atoms with Crippen LogP contribution in [0.4, 0.5) is 0 Å². The van der Waals surface area contributed by atoms with Crippen LogP contribution in [0.15, 0.2) is 121 Å². The van der Waals surface area contributed by atoms with Gasteiger partial charge in [-0.3, -0.25) is 0 Å². The third-order valence-corrected chi connectivity index (χ3v) is 7.60. The van der Waals surface area contributed by atoms with Crippen molar-refractivity contribution in [1.82, 2.24) is 0 Å². The van der Waals surface area contributed by atoms with Gasteiger partial charge in [0.15, 0.2) is 0 Å². The Bertz CT molecular complexity index is 2460. The summed E-state index contributed by atoms with van der Waals surface area (Å²) in [5.74, 6) is -3.69. The summed E-state index contributed by atoms with van der Waals surface area (Å²) in [5.41, 5.74) is 1.48. The number of hydrogen-bond acceptors (Lipinski definition) is 12. The molecule has 0 saturated heterocycles. The van der Waals surface area contributed by atoms with Gasteiger partial charge in [-0.2, -0.15) is 41.5 Å². The van der Waals surface area contributed by atoms with Crippen LogP contribution in [0.5, 0.6) is 0 Å². The van der Waals surface area contributed by atoms with Crippen molar-refractivity contribution >= 4 is 79.9 Å². The summed E-state index contributed by atoms with van der Waals surface area (Å²) in [5, 5.41) is 38.7. The first kappa shape index (κ1) is 63.6. The van der Waals surface area contributed by atoms with Gasteiger partial charge in [0.05, 0.1) is 36.8 Å². The molecule has 7 rings (SSSR count). The summed E-state index contributed by atoms with van der Waals surface area (Å²) >= 11 is 0. The quantitative estimate of drug-likeness (QED) is 0.0876. The standard InChI is InChI=1S/2C16H9O3.C8H5O3.6Li.3H2O/c17-9-10-1-2-11-7-15-8-13(16(18)19)4-3-12(15)6-14(11)5-10;17-9-12-5-6-13(16(18)19)15-8-11-4-2-1-3-10(11)7-14(12)15;9-5-6-1-3-7(4-2-6)8(10)11;;;;;;;;;/h2*1-8H,(H,18,19);1-4H,(H,10,11);;;;;;;3*1H2/q3*-1;6*+1;;;/p-6. The smallest absolute Gasteiger partial charge is 0.870 e. The predicted molar refractivity (Wildman–Crippen MR) is 183 cm³/mol. The van der Waals surface area contributed by atoms with Crippen molar-refractivity contribution in [2.45, 2.75) is 0 Å². The average molecular weight is 737 g/mol. The van der Waals surface area contributed by atoms with E-state index in [1.807, 2.05) is 55.0 Å². The molecule has 0 aromatic heterocycles. The minimum absolute atomic E-state index is 0. The number of fused-ring (bicyclic) bond motifs is 4. The van der Waals surface area contributed by atoms with E-state index in [1.165, 1.54) is 42.5 Å². The Morgan fingerprint density at radius 3 is 1.28 bits per heavy atom. The molecule has 3 N–H and O–H groups in total. The molecular formula is C40H23Li6O12-3. The molecule has 7 aromatic carbocycles. The molecule has 0 unspecified atom stereocenters. The Balaban J connectivity index is -0.000000232. The maximum absolute atomic E-state index is 11.1. The van der Waals surface area contributed by atoms with Crippen molar-refractivity contribution in [1.29, 1.82) is 0 Å². The van der Waals surface area contributed by atoms with Gasteiger partial charge in [0.25, 0.3) is 0 Å². The first-order valence-corrected chi connectivity index (χ1v) is 14.4. The maximum Gasteiger partial charge on any atom is 1.00 e. The average Bonchev–Trinajstić information content (AvgIpc) is 3.12. The third-order valence-electron chi connectivity index (χ3n) is 7.60. The van der Waals surface area contributed by atoms with Gasteiger partial charge in [-0.1, -0.05) is 59.3 Å². The van der Waals surface area contributed by atoms with Crippen LogP contribution in [0.3, 0.4) is 0 Å². The summed E-state index contributed by atoms with van der Waals surface area (Å²) < 4.78 is 0. The first-order chi connectivity index (χ1) is 23.6. The van der Waals surface area contributed by atoms with Crippen molar-refractivity contribution in [2.24, 2.45) is 0 Å². The number of carbonyl (C=O) groups excluding carboxylic acids is 6. The van der Waals surface area contributed by atoms with E-state index in [2.05, 4.69) is 0 Å². The molecule has 0 bridgehead atoms. The fraction of sp³-hybridized carbons (Fsp3) is 0. The Hall–Kier alpha value is -3.54. The molecule has 0 heterocycles. The number of carboxylic acid groups (broad SMARTS) is 3.